The van der Waals surface area contributed by atoms with Gasteiger partial charge in [-0.05, 0) is 74.1 Å². The first-order valence-electron chi connectivity index (χ1n) is 12.2. The van der Waals surface area contributed by atoms with E-state index in [1.807, 2.05) is 12.1 Å². The molecule has 4 heterocycles. The number of aliphatic carboxylic acids is 1. The lowest BCUT2D eigenvalue weighted by Crippen LogP contribution is -2.34. The molecular formula is C28H28N2O3S2. The Morgan fingerprint density at radius 3 is 2.66 bits per heavy atom. The van der Waals surface area contributed by atoms with Crippen molar-refractivity contribution in [2.24, 2.45) is 0 Å². The van der Waals surface area contributed by atoms with Gasteiger partial charge in [-0.1, -0.05) is 13.3 Å². The van der Waals surface area contributed by atoms with E-state index in [9.17, 15) is 4.79 Å². The van der Waals surface area contributed by atoms with Crippen LogP contribution in [0.3, 0.4) is 0 Å². The van der Waals surface area contributed by atoms with Crippen LogP contribution in [0.2, 0.25) is 0 Å². The summed E-state index contributed by atoms with van der Waals surface area (Å²) in [7, 11) is 0. The zero-order chi connectivity index (χ0) is 24.4. The molecule has 2 aliphatic heterocycles. The number of carboxylic acids is 1. The number of benzene rings is 1. The molecular weight excluding hydrogens is 476 g/mol. The van der Waals surface area contributed by atoms with Crippen molar-refractivity contribution in [1.29, 1.82) is 0 Å². The molecule has 0 saturated carbocycles. The Labute approximate surface area is 214 Å². The first kappa shape index (κ1) is 23.7. The van der Waals surface area contributed by atoms with Crippen molar-refractivity contribution in [1.82, 2.24) is 0 Å². The molecule has 1 N–H and O–H groups in total. The fraction of sp³-hybridized carbons (Fsp3) is 0.357. The second-order valence-electron chi connectivity index (χ2n) is 8.95. The number of ether oxygens (including phenoxy) is 1. The quantitative estimate of drug-likeness (QED) is 0.198. The third-order valence-electron chi connectivity index (χ3n) is 6.58. The van der Waals surface area contributed by atoms with Gasteiger partial charge in [0, 0.05) is 49.4 Å². The van der Waals surface area contributed by atoms with Crippen LogP contribution < -0.4 is 9.64 Å². The minimum atomic E-state index is -1.20. The molecule has 5 rings (SSSR count). The van der Waals surface area contributed by atoms with Crippen LogP contribution >= 0.6 is 22.7 Å². The Kier molecular flexibility index (Phi) is 6.94. The third-order valence-corrected chi connectivity index (χ3v) is 8.92. The van der Waals surface area contributed by atoms with Crippen LogP contribution in [-0.2, 0) is 17.6 Å². The summed E-state index contributed by atoms with van der Waals surface area (Å²) in [6.45, 7) is 12.3. The van der Waals surface area contributed by atoms with Gasteiger partial charge in [0.05, 0.1) is 13.2 Å². The van der Waals surface area contributed by atoms with Crippen molar-refractivity contribution in [3.05, 3.63) is 63.5 Å². The predicted octanol–water partition coefficient (Wildman–Crippen LogP) is 7.37. The number of nitrogens with zero attached hydrogens (tertiary/aromatic N) is 2. The highest BCUT2D eigenvalue weighted by Gasteiger charge is 2.29. The first-order chi connectivity index (χ1) is 17.1. The molecule has 0 spiro atoms. The van der Waals surface area contributed by atoms with Crippen molar-refractivity contribution in [3.63, 3.8) is 0 Å². The molecule has 0 saturated heterocycles. The highest BCUT2D eigenvalue weighted by molar-refractivity contribution is 7.24. The predicted molar refractivity (Wildman–Crippen MR) is 145 cm³/mol. The standard InChI is InChI=1S/C28H28N2O3S2/c1-3-4-15-33-27-20-8-6-14-30-13-5-7-18(26(20)30)16-21(27)23-11-12-25(35-23)24-10-9-19(34-24)17-22(29-2)28(31)32/h9-12,16-17H,3-8,13-15H2,1H3,(H,31,32)/b22-17-. The normalized spacial score (nSPS) is 15.0. The molecule has 0 radical (unpaired) electrons. The largest absolute Gasteiger partial charge is 0.493 e. The summed E-state index contributed by atoms with van der Waals surface area (Å²) in [6.07, 6.45) is 8.15. The lowest BCUT2D eigenvalue weighted by atomic mass is 9.88. The van der Waals surface area contributed by atoms with Crippen molar-refractivity contribution < 1.29 is 14.6 Å². The summed E-state index contributed by atoms with van der Waals surface area (Å²) in [5.41, 5.74) is 5.20. The van der Waals surface area contributed by atoms with Crippen molar-refractivity contribution in [2.45, 2.75) is 45.4 Å². The summed E-state index contributed by atoms with van der Waals surface area (Å²) in [4.78, 5) is 21.0. The Morgan fingerprint density at radius 1 is 1.14 bits per heavy atom. The number of hydrogen-bond donors (Lipinski definition) is 1. The molecule has 5 nitrogen and oxygen atoms in total. The van der Waals surface area contributed by atoms with Crippen LogP contribution in [0.25, 0.3) is 31.1 Å². The number of carboxylic acid groups (broad SMARTS) is 1. The van der Waals surface area contributed by atoms with Gasteiger partial charge >= 0.3 is 5.97 Å². The van der Waals surface area contributed by atoms with Crippen LogP contribution in [0.1, 0.15) is 48.6 Å². The zero-order valence-electron chi connectivity index (χ0n) is 19.8. The van der Waals surface area contributed by atoms with Gasteiger partial charge in [0.1, 0.15) is 5.75 Å². The fourth-order valence-electron chi connectivity index (χ4n) is 4.95. The lowest BCUT2D eigenvalue weighted by molar-refractivity contribution is -0.132. The van der Waals surface area contributed by atoms with E-state index in [-0.39, 0.29) is 5.70 Å². The summed E-state index contributed by atoms with van der Waals surface area (Å²) < 4.78 is 6.49. The Balaban J connectivity index is 1.52. The lowest BCUT2D eigenvalue weighted by Gasteiger charge is -2.38. The number of thiophene rings is 2. The smallest absolute Gasteiger partial charge is 0.333 e. The molecule has 3 aromatic rings. The topological polar surface area (TPSA) is 54.1 Å². The summed E-state index contributed by atoms with van der Waals surface area (Å²) in [5.74, 6) is -0.131. The molecule has 0 fully saturated rings. The molecule has 2 aromatic heterocycles. The highest BCUT2D eigenvalue weighted by atomic mass is 32.1. The molecule has 0 unspecified atom stereocenters. The summed E-state index contributed by atoms with van der Waals surface area (Å²) in [5, 5.41) is 9.15. The number of aryl methyl sites for hydroxylation is 1. The Bertz CT molecular complexity index is 1330. The second-order valence-corrected chi connectivity index (χ2v) is 11.1. The van der Waals surface area contributed by atoms with Crippen molar-refractivity contribution >= 4 is 40.4 Å². The molecule has 35 heavy (non-hydrogen) atoms. The molecule has 1 aromatic carbocycles. The Hall–Kier alpha value is -3.08. The SMILES string of the molecule is [C-]#[N+]/C(=C\c1ccc(-c2ccc(-c3cc4c5c(c3OCCCC)CCCN5CCC4)s2)s1)C(=O)O. The summed E-state index contributed by atoms with van der Waals surface area (Å²) >= 11 is 3.25. The monoisotopic (exact) mass is 504 g/mol. The maximum atomic E-state index is 11.2. The molecule has 0 atom stereocenters. The van der Waals surface area contributed by atoms with Gasteiger partial charge in [-0.15, -0.1) is 22.7 Å². The number of unbranched alkanes of at least 4 members (excludes halogenated alkanes) is 1. The van der Waals surface area contributed by atoms with Crippen LogP contribution in [0.4, 0.5) is 5.69 Å². The molecule has 0 amide bonds. The maximum absolute atomic E-state index is 11.2. The number of anilines is 1. The minimum Gasteiger partial charge on any atom is -0.493 e. The van der Waals surface area contributed by atoms with Gasteiger partial charge in [-0.3, -0.25) is 4.79 Å². The van der Waals surface area contributed by atoms with Crippen molar-refractivity contribution in [3.8, 4) is 25.9 Å². The Morgan fingerprint density at radius 2 is 1.89 bits per heavy atom. The van der Waals surface area contributed by atoms with E-state index in [0.717, 1.165) is 65.8 Å². The van der Waals surface area contributed by atoms with E-state index in [0.29, 0.717) is 0 Å². The van der Waals surface area contributed by atoms with Gasteiger partial charge in [-0.25, -0.2) is 4.85 Å². The second kappa shape index (κ2) is 10.3. The van der Waals surface area contributed by atoms with Gasteiger partial charge < -0.3 is 14.7 Å². The number of hydrogen-bond acceptors (Lipinski definition) is 5. The average molecular weight is 505 g/mol. The van der Waals surface area contributed by atoms with E-state index < -0.39 is 5.97 Å². The van der Waals surface area contributed by atoms with E-state index in [2.05, 4.69) is 34.9 Å². The molecule has 0 bridgehead atoms. The molecule has 180 valence electrons. The zero-order valence-corrected chi connectivity index (χ0v) is 21.4. The van der Waals surface area contributed by atoms with Gasteiger partial charge in [0.15, 0.2) is 0 Å². The van der Waals surface area contributed by atoms with Gasteiger partial charge in [-0.2, -0.15) is 0 Å². The van der Waals surface area contributed by atoms with Gasteiger partial charge in [0.25, 0.3) is 5.70 Å². The van der Waals surface area contributed by atoms with Gasteiger partial charge in [0.2, 0.25) is 0 Å². The van der Waals surface area contributed by atoms with Crippen LogP contribution in [0.15, 0.2) is 36.0 Å². The first-order valence-corrected chi connectivity index (χ1v) is 13.8. The van der Waals surface area contributed by atoms with E-state index in [4.69, 9.17) is 16.4 Å². The van der Waals surface area contributed by atoms with E-state index in [1.165, 1.54) is 57.5 Å². The van der Waals surface area contributed by atoms with E-state index >= 15 is 0 Å². The number of carbonyl (C=O) groups is 1. The van der Waals surface area contributed by atoms with E-state index in [1.54, 1.807) is 11.3 Å². The average Bonchev–Trinajstić information content (AvgIpc) is 3.53. The fourth-order valence-corrected chi connectivity index (χ4v) is 7.01. The van der Waals surface area contributed by atoms with Crippen molar-refractivity contribution in [2.75, 3.05) is 24.6 Å². The van der Waals surface area contributed by atoms with Crippen LogP contribution in [0, 0.1) is 6.57 Å². The molecule has 2 aliphatic rings. The third kappa shape index (κ3) is 4.73. The summed E-state index contributed by atoms with van der Waals surface area (Å²) in [6, 6.07) is 10.6. The maximum Gasteiger partial charge on any atom is 0.333 e. The molecule has 0 aliphatic carbocycles. The van der Waals surface area contributed by atoms with Crippen LogP contribution in [-0.4, -0.2) is 30.8 Å². The number of rotatable bonds is 8. The highest BCUT2D eigenvalue weighted by Crippen LogP contribution is 2.48. The van der Waals surface area contributed by atoms with Crippen LogP contribution in [0.5, 0.6) is 5.75 Å². The molecule has 7 heteroatoms. The minimum absolute atomic E-state index is 0.267.